The van der Waals surface area contributed by atoms with Crippen LogP contribution in [0.5, 0.6) is 0 Å². The highest BCUT2D eigenvalue weighted by Crippen LogP contribution is 2.29. The molecule has 3 heterocycles. The number of benzene rings is 1. The second kappa shape index (κ2) is 8.48. The monoisotopic (exact) mass is 446 g/mol. The van der Waals surface area contributed by atoms with Crippen LogP contribution < -0.4 is 15.5 Å². The van der Waals surface area contributed by atoms with E-state index in [0.717, 1.165) is 6.07 Å². The van der Waals surface area contributed by atoms with Gasteiger partial charge in [0.2, 0.25) is 5.91 Å². The van der Waals surface area contributed by atoms with Crippen molar-refractivity contribution < 1.29 is 22.8 Å². The van der Waals surface area contributed by atoms with E-state index < -0.39 is 29.8 Å². The van der Waals surface area contributed by atoms with Gasteiger partial charge in [-0.15, -0.1) is 0 Å². The topological polar surface area (TPSA) is 92.2 Å². The number of piperazine rings is 1. The molecule has 2 N–H and O–H groups in total. The largest absolute Gasteiger partial charge is 0.353 e. The first-order valence-corrected chi connectivity index (χ1v) is 9.97. The van der Waals surface area contributed by atoms with E-state index in [1.54, 1.807) is 22.6 Å². The van der Waals surface area contributed by atoms with Gasteiger partial charge in [0.15, 0.2) is 0 Å². The first kappa shape index (κ1) is 21.6. The highest BCUT2D eigenvalue weighted by atomic mass is 19.3. The van der Waals surface area contributed by atoms with E-state index in [4.69, 9.17) is 0 Å². The van der Waals surface area contributed by atoms with Crippen LogP contribution in [0.15, 0.2) is 30.6 Å². The number of alkyl halides is 2. The van der Waals surface area contributed by atoms with E-state index in [-0.39, 0.29) is 23.7 Å². The van der Waals surface area contributed by atoms with Crippen molar-refractivity contribution in [2.45, 2.75) is 19.4 Å². The van der Waals surface area contributed by atoms with Crippen LogP contribution >= 0.6 is 0 Å². The predicted octanol–water partition coefficient (Wildman–Crippen LogP) is 2.47. The molecule has 32 heavy (non-hydrogen) atoms. The van der Waals surface area contributed by atoms with Gasteiger partial charge < -0.3 is 20.1 Å². The highest BCUT2D eigenvalue weighted by molar-refractivity contribution is 6.01. The zero-order valence-electron chi connectivity index (χ0n) is 17.4. The fourth-order valence-electron chi connectivity index (χ4n) is 3.83. The number of anilines is 1. The molecule has 1 atom stereocenters. The van der Waals surface area contributed by atoms with Gasteiger partial charge in [0.25, 0.3) is 12.3 Å². The van der Waals surface area contributed by atoms with Crippen LogP contribution in [0.25, 0.3) is 11.0 Å². The number of aromatic nitrogens is 3. The third kappa shape index (κ3) is 3.85. The Morgan fingerprint density at radius 3 is 2.72 bits per heavy atom. The number of rotatable bonds is 5. The molecule has 0 unspecified atom stereocenters. The molecule has 8 nitrogen and oxygen atoms in total. The molecule has 3 aromatic rings. The molecule has 1 aliphatic rings. The summed E-state index contributed by atoms with van der Waals surface area (Å²) in [6.45, 7) is 2.70. The summed E-state index contributed by atoms with van der Waals surface area (Å²) in [6, 6.07) is 4.46. The first-order valence-electron chi connectivity index (χ1n) is 9.97. The molecule has 1 aliphatic heterocycles. The number of halogens is 3. The van der Waals surface area contributed by atoms with E-state index in [1.165, 1.54) is 25.4 Å². The Balaban J connectivity index is 1.63. The number of aryl methyl sites for hydroxylation is 1. The lowest BCUT2D eigenvalue weighted by molar-refractivity contribution is -0.120. The molecule has 1 saturated heterocycles. The number of carbonyl (C=O) groups excluding carboxylic acids is 2. The van der Waals surface area contributed by atoms with E-state index in [0.29, 0.717) is 29.9 Å². The van der Waals surface area contributed by atoms with Crippen molar-refractivity contribution in [2.75, 3.05) is 24.5 Å². The molecule has 0 spiro atoms. The summed E-state index contributed by atoms with van der Waals surface area (Å²) < 4.78 is 42.1. The van der Waals surface area contributed by atoms with Gasteiger partial charge >= 0.3 is 0 Å². The third-order valence-electron chi connectivity index (χ3n) is 5.48. The summed E-state index contributed by atoms with van der Waals surface area (Å²) >= 11 is 0. The second-order valence-electron chi connectivity index (χ2n) is 7.54. The molecule has 0 aliphatic carbocycles. The van der Waals surface area contributed by atoms with Crippen molar-refractivity contribution in [1.82, 2.24) is 25.2 Å². The summed E-state index contributed by atoms with van der Waals surface area (Å²) in [5.41, 5.74) is -0.0152. The summed E-state index contributed by atoms with van der Waals surface area (Å²) in [6.07, 6.45) is -1.59. The quantitative estimate of drug-likeness (QED) is 0.628. The Kier molecular flexibility index (Phi) is 5.72. The Hall–Kier alpha value is -3.63. The van der Waals surface area contributed by atoms with Gasteiger partial charge in [-0.05, 0) is 13.0 Å². The fourth-order valence-corrected chi connectivity index (χ4v) is 3.83. The van der Waals surface area contributed by atoms with Crippen molar-refractivity contribution in [3.05, 3.63) is 53.2 Å². The van der Waals surface area contributed by atoms with Gasteiger partial charge in [0, 0.05) is 25.7 Å². The Bertz CT molecular complexity index is 1200. The molecular formula is C21H21F3N6O2. The van der Waals surface area contributed by atoms with Gasteiger partial charge in [-0.2, -0.15) is 0 Å². The minimum absolute atomic E-state index is 0.0327. The van der Waals surface area contributed by atoms with Gasteiger partial charge in [-0.3, -0.25) is 9.59 Å². The lowest BCUT2D eigenvalue weighted by Gasteiger charge is -2.27. The van der Waals surface area contributed by atoms with Crippen molar-refractivity contribution in [2.24, 2.45) is 7.05 Å². The van der Waals surface area contributed by atoms with Crippen LogP contribution in [-0.4, -0.2) is 46.0 Å². The van der Waals surface area contributed by atoms with Crippen LogP contribution in [0.3, 0.4) is 0 Å². The number of nitrogens with zero attached hydrogens (tertiary/aromatic N) is 4. The second-order valence-corrected chi connectivity index (χ2v) is 7.54. The average Bonchev–Trinajstić information content (AvgIpc) is 3.10. The molecule has 1 fully saturated rings. The minimum Gasteiger partial charge on any atom is -0.353 e. The standard InChI is InChI=1S/C21H21F3N6O2/c1-11(12-4-3-5-13(17(12)22)18(23)24)28-21(32)15-8-14-19(29(15)2)26-10-27-20(14)30-7-6-25-16(31)9-30/h3-5,8,10-11,18H,6-7,9H2,1-2H3,(H,25,31)(H,28,32)/t11-/m1/s1. The Morgan fingerprint density at radius 1 is 1.25 bits per heavy atom. The fraction of sp³-hybridized carbons (Fsp3) is 0.333. The molecule has 0 bridgehead atoms. The van der Waals surface area contributed by atoms with E-state index >= 15 is 0 Å². The number of hydrogen-bond donors (Lipinski definition) is 2. The molecule has 11 heteroatoms. The molecule has 2 aromatic heterocycles. The predicted molar refractivity (Wildman–Crippen MR) is 111 cm³/mol. The van der Waals surface area contributed by atoms with Crippen LogP contribution in [0, 0.1) is 5.82 Å². The van der Waals surface area contributed by atoms with Crippen LogP contribution in [0.2, 0.25) is 0 Å². The van der Waals surface area contributed by atoms with E-state index in [1.807, 2.05) is 0 Å². The number of fused-ring (bicyclic) bond motifs is 1. The third-order valence-corrected chi connectivity index (χ3v) is 5.48. The zero-order valence-corrected chi connectivity index (χ0v) is 17.4. The number of amides is 2. The SMILES string of the molecule is C[C@@H](NC(=O)c1cc2c(N3CCNC(=O)C3)ncnc2n1C)c1cccc(C(F)F)c1F. The van der Waals surface area contributed by atoms with E-state index in [9.17, 15) is 22.8 Å². The molecule has 2 amide bonds. The smallest absolute Gasteiger partial charge is 0.268 e. The lowest BCUT2D eigenvalue weighted by atomic mass is 10.0. The van der Waals surface area contributed by atoms with Gasteiger partial charge in [-0.1, -0.05) is 18.2 Å². The maximum absolute atomic E-state index is 14.5. The maximum atomic E-state index is 14.5. The van der Waals surface area contributed by atoms with Gasteiger partial charge in [0.05, 0.1) is 23.5 Å². The molecule has 4 rings (SSSR count). The molecule has 168 valence electrons. The number of nitrogens with one attached hydrogen (secondary N) is 2. The van der Waals surface area contributed by atoms with Gasteiger partial charge in [-0.25, -0.2) is 23.1 Å². The lowest BCUT2D eigenvalue weighted by Crippen LogP contribution is -2.48. The van der Waals surface area contributed by atoms with Crippen molar-refractivity contribution >= 4 is 28.7 Å². The average molecular weight is 446 g/mol. The minimum atomic E-state index is -2.95. The van der Waals surface area contributed by atoms with Crippen LogP contribution in [-0.2, 0) is 11.8 Å². The molecule has 0 saturated carbocycles. The zero-order chi connectivity index (χ0) is 23.0. The summed E-state index contributed by atoms with van der Waals surface area (Å²) in [7, 11) is 1.65. The van der Waals surface area contributed by atoms with Crippen molar-refractivity contribution in [1.29, 1.82) is 0 Å². The summed E-state index contributed by atoms with van der Waals surface area (Å²) in [4.78, 5) is 35.1. The van der Waals surface area contributed by atoms with Crippen molar-refractivity contribution in [3.63, 3.8) is 0 Å². The summed E-state index contributed by atoms with van der Waals surface area (Å²) in [5, 5.41) is 5.99. The van der Waals surface area contributed by atoms with Crippen molar-refractivity contribution in [3.8, 4) is 0 Å². The number of carbonyl (C=O) groups is 2. The van der Waals surface area contributed by atoms with Crippen LogP contribution in [0.4, 0.5) is 19.0 Å². The van der Waals surface area contributed by atoms with E-state index in [2.05, 4.69) is 20.6 Å². The summed E-state index contributed by atoms with van der Waals surface area (Å²) in [5.74, 6) is -1.16. The molecular weight excluding hydrogens is 425 g/mol. The first-order chi connectivity index (χ1) is 15.3. The number of hydrogen-bond acceptors (Lipinski definition) is 5. The Morgan fingerprint density at radius 2 is 2.00 bits per heavy atom. The van der Waals surface area contributed by atoms with Gasteiger partial charge in [0.1, 0.15) is 29.3 Å². The van der Waals surface area contributed by atoms with Crippen LogP contribution in [0.1, 0.15) is 41.0 Å². The molecule has 1 aromatic carbocycles. The highest BCUT2D eigenvalue weighted by Gasteiger charge is 2.25. The maximum Gasteiger partial charge on any atom is 0.268 e. The Labute approximate surface area is 181 Å². The normalized spacial score (nSPS) is 15.2. The molecule has 0 radical (unpaired) electrons.